The van der Waals surface area contributed by atoms with Gasteiger partial charge in [-0.05, 0) is 18.6 Å². The second-order valence-corrected chi connectivity index (χ2v) is 2.77. The van der Waals surface area contributed by atoms with Gasteiger partial charge in [0.15, 0.2) is 0 Å². The topological polar surface area (TPSA) is 58.1 Å². The molecule has 5 heteroatoms. The minimum Gasteiger partial charge on any atom is -0.537 e. The predicted molar refractivity (Wildman–Crippen MR) is 49.4 cm³/mol. The second kappa shape index (κ2) is 3.10. The van der Waals surface area contributed by atoms with Crippen LogP contribution in [-0.2, 0) is 0 Å². The van der Waals surface area contributed by atoms with E-state index in [2.05, 4.69) is 10.2 Å². The van der Waals surface area contributed by atoms with Crippen molar-refractivity contribution in [1.82, 2.24) is 10.2 Å². The maximum Gasteiger partial charge on any atom is 0.569 e. The van der Waals surface area contributed by atoms with E-state index in [0.717, 1.165) is 16.5 Å². The van der Waals surface area contributed by atoms with Gasteiger partial charge in [0.1, 0.15) is 5.75 Å². The smallest absolute Gasteiger partial charge is 0.537 e. The van der Waals surface area contributed by atoms with E-state index in [1.807, 2.05) is 19.1 Å². The van der Waals surface area contributed by atoms with E-state index in [1.54, 1.807) is 6.20 Å². The zero-order chi connectivity index (χ0) is 9.26. The van der Waals surface area contributed by atoms with Crippen molar-refractivity contribution in [1.29, 1.82) is 0 Å². The highest BCUT2D eigenvalue weighted by molar-refractivity contribution is 6.18. The third-order valence-corrected chi connectivity index (χ3v) is 1.94. The number of aryl methyl sites for hydroxylation is 1. The van der Waals surface area contributed by atoms with Gasteiger partial charge in [0, 0.05) is 0 Å². The molecule has 1 aromatic heterocycles. The Bertz CT molecular complexity index is 427. The largest absolute Gasteiger partial charge is 0.569 e. The van der Waals surface area contributed by atoms with Gasteiger partial charge in [-0.1, -0.05) is 6.07 Å². The van der Waals surface area contributed by atoms with E-state index in [4.69, 9.17) is 9.68 Å². The van der Waals surface area contributed by atoms with Gasteiger partial charge in [-0.3, -0.25) is 5.10 Å². The van der Waals surface area contributed by atoms with Crippen LogP contribution in [0.3, 0.4) is 0 Å². The number of hydrogen-bond acceptors (Lipinski definition) is 3. The summed E-state index contributed by atoms with van der Waals surface area (Å²) in [6.45, 7) is 1.91. The van der Waals surface area contributed by atoms with Crippen LogP contribution in [0, 0.1) is 6.92 Å². The Kier molecular flexibility index (Phi) is 1.94. The Morgan fingerprint density at radius 3 is 3.15 bits per heavy atom. The maximum absolute atomic E-state index is 8.56. The van der Waals surface area contributed by atoms with Crippen LogP contribution in [0.15, 0.2) is 18.3 Å². The van der Waals surface area contributed by atoms with Gasteiger partial charge in [0.2, 0.25) is 0 Å². The predicted octanol–water partition coefficient (Wildman–Crippen LogP) is 0.777. The van der Waals surface area contributed by atoms with Crippen molar-refractivity contribution in [3.05, 3.63) is 23.9 Å². The van der Waals surface area contributed by atoms with Crippen molar-refractivity contribution in [3.8, 4) is 5.75 Å². The Balaban J connectivity index is 2.66. The number of hydrogen-bond donors (Lipinski definition) is 2. The van der Waals surface area contributed by atoms with E-state index >= 15 is 0 Å². The minimum atomic E-state index is 0.633. The number of H-pyrrole nitrogens is 1. The molecule has 0 amide bonds. The molecule has 0 saturated heterocycles. The first-order valence-electron chi connectivity index (χ1n) is 3.88. The fourth-order valence-electron chi connectivity index (χ4n) is 1.31. The molecule has 13 heavy (non-hydrogen) atoms. The van der Waals surface area contributed by atoms with E-state index in [1.165, 1.54) is 0 Å². The lowest BCUT2D eigenvalue weighted by molar-refractivity contribution is 0.455. The van der Waals surface area contributed by atoms with Gasteiger partial charge in [0.25, 0.3) is 0 Å². The molecule has 1 heterocycles. The standard InChI is InChI=1S/C8H8BN2O2/c1-5-2-3-7-6(4-10-11-7)8(5)13-9-12/h2-4,12H,1H3,(H,10,11). The summed E-state index contributed by atoms with van der Waals surface area (Å²) in [5, 5.41) is 16.1. The van der Waals surface area contributed by atoms with Crippen LogP contribution in [0.4, 0.5) is 0 Å². The molecule has 0 spiro atoms. The Labute approximate surface area is 75.8 Å². The summed E-state index contributed by atoms with van der Waals surface area (Å²) < 4.78 is 4.98. The summed E-state index contributed by atoms with van der Waals surface area (Å²) in [4.78, 5) is 0. The third-order valence-electron chi connectivity index (χ3n) is 1.94. The highest BCUT2D eigenvalue weighted by Crippen LogP contribution is 2.27. The van der Waals surface area contributed by atoms with Crippen molar-refractivity contribution in [2.45, 2.75) is 6.92 Å². The molecule has 0 atom stereocenters. The Morgan fingerprint density at radius 1 is 1.54 bits per heavy atom. The number of rotatable bonds is 2. The molecular formula is C8H8BN2O2. The van der Waals surface area contributed by atoms with Crippen LogP contribution in [-0.4, -0.2) is 22.9 Å². The molecule has 2 rings (SSSR count). The van der Waals surface area contributed by atoms with Gasteiger partial charge >= 0.3 is 7.69 Å². The molecule has 0 aliphatic heterocycles. The molecule has 0 saturated carbocycles. The number of aromatic amines is 1. The van der Waals surface area contributed by atoms with Gasteiger partial charge in [0.05, 0.1) is 17.1 Å². The normalized spacial score (nSPS) is 10.3. The van der Waals surface area contributed by atoms with Gasteiger partial charge in [-0.15, -0.1) is 0 Å². The van der Waals surface area contributed by atoms with E-state index in [0.29, 0.717) is 13.4 Å². The first-order chi connectivity index (χ1) is 6.33. The molecule has 0 fully saturated rings. The zero-order valence-corrected chi connectivity index (χ0v) is 7.11. The number of nitrogens with one attached hydrogen (secondary N) is 1. The summed E-state index contributed by atoms with van der Waals surface area (Å²) in [5.41, 5.74) is 1.85. The number of fused-ring (bicyclic) bond motifs is 1. The minimum absolute atomic E-state index is 0.633. The summed E-state index contributed by atoms with van der Waals surface area (Å²) in [5.74, 6) is 0.633. The quantitative estimate of drug-likeness (QED) is 0.662. The van der Waals surface area contributed by atoms with Gasteiger partial charge < -0.3 is 9.68 Å². The molecule has 0 aliphatic rings. The van der Waals surface area contributed by atoms with Gasteiger partial charge in [-0.25, -0.2) is 0 Å². The van der Waals surface area contributed by atoms with Crippen LogP contribution in [0.25, 0.3) is 10.9 Å². The SMILES string of the molecule is Cc1ccc2[nH]ncc2c1O[B]O. The molecule has 4 nitrogen and oxygen atoms in total. The average Bonchev–Trinajstić information content (AvgIpc) is 2.58. The van der Waals surface area contributed by atoms with Gasteiger partial charge in [-0.2, -0.15) is 5.10 Å². The molecule has 0 bridgehead atoms. The van der Waals surface area contributed by atoms with Crippen LogP contribution in [0.2, 0.25) is 0 Å². The highest BCUT2D eigenvalue weighted by Gasteiger charge is 2.07. The van der Waals surface area contributed by atoms with Crippen LogP contribution >= 0.6 is 0 Å². The summed E-state index contributed by atoms with van der Waals surface area (Å²) in [7, 11) is 0.675. The lowest BCUT2D eigenvalue weighted by Crippen LogP contribution is -2.01. The molecule has 65 valence electrons. The third kappa shape index (κ3) is 1.27. The first kappa shape index (κ1) is 8.13. The van der Waals surface area contributed by atoms with E-state index < -0.39 is 0 Å². The number of nitrogens with zero attached hydrogens (tertiary/aromatic N) is 1. The van der Waals surface area contributed by atoms with Crippen LogP contribution in [0.1, 0.15) is 5.56 Å². The lowest BCUT2D eigenvalue weighted by Gasteiger charge is -2.05. The van der Waals surface area contributed by atoms with Crippen molar-refractivity contribution in [3.63, 3.8) is 0 Å². The summed E-state index contributed by atoms with van der Waals surface area (Å²) >= 11 is 0. The molecule has 0 unspecified atom stereocenters. The molecular weight excluding hydrogens is 167 g/mol. The number of aromatic nitrogens is 2. The Hall–Kier alpha value is -1.49. The van der Waals surface area contributed by atoms with Crippen molar-refractivity contribution in [2.75, 3.05) is 0 Å². The molecule has 2 N–H and O–H groups in total. The zero-order valence-electron chi connectivity index (χ0n) is 7.11. The summed E-state index contributed by atoms with van der Waals surface area (Å²) in [6.07, 6.45) is 1.67. The maximum atomic E-state index is 8.56. The molecule has 2 aromatic rings. The highest BCUT2D eigenvalue weighted by atomic mass is 16.5. The monoisotopic (exact) mass is 175 g/mol. The van der Waals surface area contributed by atoms with Crippen molar-refractivity contribution >= 4 is 18.6 Å². The van der Waals surface area contributed by atoms with Crippen molar-refractivity contribution < 1.29 is 9.68 Å². The first-order valence-corrected chi connectivity index (χ1v) is 3.88. The molecule has 1 radical (unpaired) electrons. The fraction of sp³-hybridized carbons (Fsp3) is 0.125. The second-order valence-electron chi connectivity index (χ2n) is 2.77. The Morgan fingerprint density at radius 2 is 2.38 bits per heavy atom. The average molecular weight is 175 g/mol. The van der Waals surface area contributed by atoms with Crippen LogP contribution < -0.4 is 4.65 Å². The van der Waals surface area contributed by atoms with Crippen molar-refractivity contribution in [2.24, 2.45) is 0 Å². The number of benzene rings is 1. The fourth-order valence-corrected chi connectivity index (χ4v) is 1.31. The summed E-state index contributed by atoms with van der Waals surface area (Å²) in [6, 6.07) is 3.82. The lowest BCUT2D eigenvalue weighted by atomic mass is 10.1. The van der Waals surface area contributed by atoms with E-state index in [9.17, 15) is 0 Å². The van der Waals surface area contributed by atoms with E-state index in [-0.39, 0.29) is 0 Å². The molecule has 0 aliphatic carbocycles. The van der Waals surface area contributed by atoms with Crippen LogP contribution in [0.5, 0.6) is 5.75 Å². The molecule has 1 aromatic carbocycles.